The van der Waals surface area contributed by atoms with Crippen molar-refractivity contribution in [2.45, 2.75) is 0 Å². The highest BCUT2D eigenvalue weighted by atomic mass is 15.1. The molecule has 0 bridgehead atoms. The molecule has 0 unspecified atom stereocenters. The molecule has 11 aromatic rings. The van der Waals surface area contributed by atoms with Crippen LogP contribution in [0.2, 0.25) is 0 Å². The lowest BCUT2D eigenvalue weighted by molar-refractivity contribution is 1.05. The van der Waals surface area contributed by atoms with Gasteiger partial charge in [0.25, 0.3) is 0 Å². The van der Waals surface area contributed by atoms with E-state index in [1.54, 1.807) is 0 Å². The van der Waals surface area contributed by atoms with E-state index in [4.69, 9.17) is 9.97 Å². The van der Waals surface area contributed by atoms with E-state index in [0.29, 0.717) is 5.82 Å². The van der Waals surface area contributed by atoms with Crippen LogP contribution in [0.25, 0.3) is 100 Å². The van der Waals surface area contributed by atoms with Gasteiger partial charge in [-0.2, -0.15) is 0 Å². The molecule has 0 saturated heterocycles. The van der Waals surface area contributed by atoms with Gasteiger partial charge in [0, 0.05) is 44.4 Å². The number of rotatable bonds is 6. The van der Waals surface area contributed by atoms with Gasteiger partial charge < -0.3 is 4.57 Å². The molecule has 0 spiro atoms. The Kier molecular flexibility index (Phi) is 7.46. The van der Waals surface area contributed by atoms with Gasteiger partial charge >= 0.3 is 0 Å². The van der Waals surface area contributed by atoms with Crippen molar-refractivity contribution in [3.8, 4) is 56.4 Å². The lowest BCUT2D eigenvalue weighted by atomic mass is 9.98. The summed E-state index contributed by atoms with van der Waals surface area (Å²) in [7, 11) is 0. The van der Waals surface area contributed by atoms with Gasteiger partial charge in [-0.1, -0.05) is 158 Å². The zero-order valence-corrected chi connectivity index (χ0v) is 30.4. The number of benzene rings is 8. The second-order valence-electron chi connectivity index (χ2n) is 14.2. The topological polar surface area (TPSA) is 35.6 Å². The third kappa shape index (κ3) is 5.23. The summed E-state index contributed by atoms with van der Waals surface area (Å²) in [5.74, 6) is 1.53. The Balaban J connectivity index is 1.12. The SMILES string of the molecule is c1ccc(-c2cccc(-n3c4ccccc4c4c(-c5ccc6c(c5)c5ccccc5n6-c5cc(-c6ccccc6)nc(-c6ccccc6)n5)cccc43)c2)cc1. The number of hydrogen-bond donors (Lipinski definition) is 0. The molecule has 3 heterocycles. The van der Waals surface area contributed by atoms with E-state index in [1.807, 2.05) is 24.3 Å². The molecule has 0 aliphatic carbocycles. The van der Waals surface area contributed by atoms with Crippen LogP contribution in [0.5, 0.6) is 0 Å². The zero-order valence-electron chi connectivity index (χ0n) is 30.4. The van der Waals surface area contributed by atoms with Crippen molar-refractivity contribution in [1.82, 2.24) is 19.1 Å². The Morgan fingerprint density at radius 3 is 1.68 bits per heavy atom. The van der Waals surface area contributed by atoms with Crippen molar-refractivity contribution in [3.63, 3.8) is 0 Å². The van der Waals surface area contributed by atoms with Gasteiger partial charge in [-0.25, -0.2) is 9.97 Å². The molecule has 0 aliphatic rings. The largest absolute Gasteiger partial charge is 0.309 e. The van der Waals surface area contributed by atoms with Crippen LogP contribution in [-0.4, -0.2) is 19.1 Å². The Hall–Kier alpha value is -7.56. The van der Waals surface area contributed by atoms with Crippen molar-refractivity contribution >= 4 is 43.6 Å². The van der Waals surface area contributed by atoms with Gasteiger partial charge in [0.15, 0.2) is 5.82 Å². The molecule has 0 aliphatic heterocycles. The normalized spacial score (nSPS) is 11.6. The first kappa shape index (κ1) is 31.9. The first-order chi connectivity index (χ1) is 27.8. The van der Waals surface area contributed by atoms with E-state index in [0.717, 1.165) is 39.4 Å². The molecule has 4 nitrogen and oxygen atoms in total. The molecule has 0 radical (unpaired) electrons. The van der Waals surface area contributed by atoms with E-state index in [2.05, 4.69) is 191 Å². The summed E-state index contributed by atoms with van der Waals surface area (Å²) in [5.41, 5.74) is 13.4. The molecule has 3 aromatic heterocycles. The first-order valence-electron chi connectivity index (χ1n) is 19.0. The summed E-state index contributed by atoms with van der Waals surface area (Å²) >= 11 is 0. The van der Waals surface area contributed by atoms with Crippen LogP contribution in [0, 0.1) is 0 Å². The van der Waals surface area contributed by atoms with Crippen LogP contribution in [-0.2, 0) is 0 Å². The Morgan fingerprint density at radius 2 is 0.911 bits per heavy atom. The predicted octanol–water partition coefficient (Wildman–Crippen LogP) is 13.3. The van der Waals surface area contributed by atoms with Crippen LogP contribution in [0.15, 0.2) is 206 Å². The maximum atomic E-state index is 5.23. The van der Waals surface area contributed by atoms with E-state index < -0.39 is 0 Å². The van der Waals surface area contributed by atoms with Gasteiger partial charge in [0.1, 0.15) is 5.82 Å². The summed E-state index contributed by atoms with van der Waals surface area (Å²) in [4.78, 5) is 10.3. The smallest absolute Gasteiger partial charge is 0.162 e. The highest BCUT2D eigenvalue weighted by Gasteiger charge is 2.20. The molecule has 11 rings (SSSR count). The summed E-state index contributed by atoms with van der Waals surface area (Å²) in [6.07, 6.45) is 0. The van der Waals surface area contributed by atoms with Crippen molar-refractivity contribution in [2.24, 2.45) is 0 Å². The van der Waals surface area contributed by atoms with Gasteiger partial charge in [-0.15, -0.1) is 0 Å². The minimum Gasteiger partial charge on any atom is -0.309 e. The van der Waals surface area contributed by atoms with Crippen molar-refractivity contribution < 1.29 is 0 Å². The summed E-state index contributed by atoms with van der Waals surface area (Å²) in [6, 6.07) is 73.2. The molecule has 0 N–H and O–H groups in total. The zero-order chi connectivity index (χ0) is 37.0. The van der Waals surface area contributed by atoms with E-state index in [-0.39, 0.29) is 0 Å². The monoisotopic (exact) mass is 714 g/mol. The number of hydrogen-bond acceptors (Lipinski definition) is 2. The van der Waals surface area contributed by atoms with E-state index in [1.165, 1.54) is 54.8 Å². The lowest BCUT2D eigenvalue weighted by Crippen LogP contribution is -2.02. The minimum atomic E-state index is 0.696. The second-order valence-corrected chi connectivity index (χ2v) is 14.2. The number of aromatic nitrogens is 4. The summed E-state index contributed by atoms with van der Waals surface area (Å²) < 4.78 is 4.70. The van der Waals surface area contributed by atoms with Gasteiger partial charge in [-0.3, -0.25) is 4.57 Å². The second kappa shape index (κ2) is 13.1. The third-order valence-electron chi connectivity index (χ3n) is 10.9. The number of fused-ring (bicyclic) bond motifs is 6. The first-order valence-corrected chi connectivity index (χ1v) is 19.0. The van der Waals surface area contributed by atoms with Crippen molar-refractivity contribution in [3.05, 3.63) is 206 Å². The van der Waals surface area contributed by atoms with Crippen LogP contribution < -0.4 is 0 Å². The van der Waals surface area contributed by atoms with Crippen LogP contribution >= 0.6 is 0 Å². The van der Waals surface area contributed by atoms with E-state index >= 15 is 0 Å². The Labute approximate surface area is 324 Å². The molecular weight excluding hydrogens is 681 g/mol. The highest BCUT2D eigenvalue weighted by molar-refractivity contribution is 6.17. The fourth-order valence-corrected chi connectivity index (χ4v) is 8.40. The van der Waals surface area contributed by atoms with Crippen LogP contribution in [0.4, 0.5) is 0 Å². The maximum absolute atomic E-state index is 5.23. The highest BCUT2D eigenvalue weighted by Crippen LogP contribution is 2.41. The van der Waals surface area contributed by atoms with Crippen molar-refractivity contribution in [1.29, 1.82) is 0 Å². The number of nitrogens with zero attached hydrogens (tertiary/aromatic N) is 4. The Bertz CT molecular complexity index is 3170. The summed E-state index contributed by atoms with van der Waals surface area (Å²) in [6.45, 7) is 0. The average Bonchev–Trinajstić information content (AvgIpc) is 3.80. The molecular formula is C52H34N4. The quantitative estimate of drug-likeness (QED) is 0.172. The molecule has 0 atom stereocenters. The van der Waals surface area contributed by atoms with Crippen LogP contribution in [0.1, 0.15) is 0 Å². The fourth-order valence-electron chi connectivity index (χ4n) is 8.40. The van der Waals surface area contributed by atoms with Gasteiger partial charge in [-0.05, 0) is 64.7 Å². The molecule has 0 saturated carbocycles. The molecule has 8 aromatic carbocycles. The molecule has 4 heteroatoms. The number of para-hydroxylation sites is 2. The summed E-state index contributed by atoms with van der Waals surface area (Å²) in [5, 5.41) is 4.83. The van der Waals surface area contributed by atoms with E-state index in [9.17, 15) is 0 Å². The molecule has 262 valence electrons. The Morgan fingerprint density at radius 1 is 0.321 bits per heavy atom. The van der Waals surface area contributed by atoms with Crippen LogP contribution in [0.3, 0.4) is 0 Å². The lowest BCUT2D eigenvalue weighted by Gasteiger charge is -2.12. The third-order valence-corrected chi connectivity index (χ3v) is 10.9. The predicted molar refractivity (Wildman–Crippen MR) is 232 cm³/mol. The molecule has 56 heavy (non-hydrogen) atoms. The molecule has 0 amide bonds. The minimum absolute atomic E-state index is 0.696. The average molecular weight is 715 g/mol. The maximum Gasteiger partial charge on any atom is 0.162 e. The van der Waals surface area contributed by atoms with Gasteiger partial charge in [0.2, 0.25) is 0 Å². The van der Waals surface area contributed by atoms with Gasteiger partial charge in [0.05, 0.1) is 27.8 Å². The fraction of sp³-hybridized carbons (Fsp3) is 0. The van der Waals surface area contributed by atoms with Crippen molar-refractivity contribution in [2.75, 3.05) is 0 Å². The standard InChI is InChI=1S/C52H34N4/c1-4-16-35(17-5-1)38-22-14-23-40(32-38)55-47-28-13-11-25-43(47)51-41(26-15-29-49(51)55)39-30-31-48-44(33-39)42-24-10-12-27-46(42)56(48)50-34-45(36-18-6-2-7-19-36)53-52(54-50)37-20-8-3-9-21-37/h1-34H. The molecule has 0 fully saturated rings.